The standard InChI is InChI=1S/C18H19N5O3/c1-22-8-3-5-15(22)17(25)23-9-6-18(12-23)10-14(21-26-18)16(24)20-13-4-2-7-19-11-13/h2-5,7-8,11H,6,9-10,12H2,1H3,(H,20,24)/t18-/m1/s1. The summed E-state index contributed by atoms with van der Waals surface area (Å²) < 4.78 is 1.80. The fourth-order valence-corrected chi connectivity index (χ4v) is 3.37. The summed E-state index contributed by atoms with van der Waals surface area (Å²) in [5, 5.41) is 6.74. The van der Waals surface area contributed by atoms with Crippen LogP contribution in [0, 0.1) is 0 Å². The lowest BCUT2D eigenvalue weighted by atomic mass is 9.96. The van der Waals surface area contributed by atoms with E-state index >= 15 is 0 Å². The van der Waals surface area contributed by atoms with Gasteiger partial charge in [-0.1, -0.05) is 5.16 Å². The van der Waals surface area contributed by atoms with E-state index in [0.717, 1.165) is 0 Å². The molecule has 1 N–H and O–H groups in total. The van der Waals surface area contributed by atoms with Gasteiger partial charge in [0.25, 0.3) is 11.8 Å². The summed E-state index contributed by atoms with van der Waals surface area (Å²) in [7, 11) is 1.84. The molecule has 0 aromatic carbocycles. The van der Waals surface area contributed by atoms with E-state index in [9.17, 15) is 9.59 Å². The van der Waals surface area contributed by atoms with Crippen LogP contribution in [0.25, 0.3) is 0 Å². The van der Waals surface area contributed by atoms with E-state index in [2.05, 4.69) is 15.5 Å². The quantitative estimate of drug-likeness (QED) is 0.904. The number of aromatic nitrogens is 2. The number of amides is 2. The number of carbonyl (C=O) groups excluding carboxylic acids is 2. The highest BCUT2D eigenvalue weighted by molar-refractivity contribution is 6.43. The third kappa shape index (κ3) is 2.94. The number of hydrogen-bond acceptors (Lipinski definition) is 5. The molecule has 0 aliphatic carbocycles. The second kappa shape index (κ2) is 6.29. The molecule has 2 aromatic rings. The molecule has 26 heavy (non-hydrogen) atoms. The van der Waals surface area contributed by atoms with Gasteiger partial charge in [-0.25, -0.2) is 0 Å². The van der Waals surface area contributed by atoms with Gasteiger partial charge in [-0.15, -0.1) is 0 Å². The van der Waals surface area contributed by atoms with Crippen LogP contribution < -0.4 is 5.32 Å². The minimum Gasteiger partial charge on any atom is -0.386 e. The molecule has 8 heteroatoms. The topological polar surface area (TPSA) is 88.8 Å². The Balaban J connectivity index is 1.39. The first kappa shape index (κ1) is 16.3. The van der Waals surface area contributed by atoms with E-state index in [-0.39, 0.29) is 11.8 Å². The third-order valence-electron chi connectivity index (χ3n) is 4.79. The molecule has 0 bridgehead atoms. The number of oxime groups is 1. The zero-order valence-corrected chi connectivity index (χ0v) is 14.4. The molecule has 2 aromatic heterocycles. The van der Waals surface area contributed by atoms with Crippen molar-refractivity contribution in [3.8, 4) is 0 Å². The Kier molecular flexibility index (Phi) is 3.95. The lowest BCUT2D eigenvalue weighted by Crippen LogP contribution is -2.37. The summed E-state index contributed by atoms with van der Waals surface area (Å²) in [5.74, 6) is -0.340. The highest BCUT2D eigenvalue weighted by Gasteiger charge is 2.48. The number of pyridine rings is 1. The first-order valence-corrected chi connectivity index (χ1v) is 8.43. The van der Waals surface area contributed by atoms with Gasteiger partial charge in [-0.2, -0.15) is 0 Å². The van der Waals surface area contributed by atoms with Crippen LogP contribution in [0.4, 0.5) is 5.69 Å². The lowest BCUT2D eigenvalue weighted by Gasteiger charge is -2.21. The molecule has 2 amide bonds. The van der Waals surface area contributed by atoms with Crippen LogP contribution in [0.2, 0.25) is 0 Å². The van der Waals surface area contributed by atoms with Crippen LogP contribution in [-0.2, 0) is 16.7 Å². The molecule has 1 fully saturated rings. The molecule has 4 heterocycles. The summed E-state index contributed by atoms with van der Waals surface area (Å²) in [6, 6.07) is 7.14. The lowest BCUT2D eigenvalue weighted by molar-refractivity contribution is -0.110. The zero-order valence-electron chi connectivity index (χ0n) is 14.4. The fraction of sp³-hybridized carbons (Fsp3) is 0.333. The Bertz CT molecular complexity index is 876. The van der Waals surface area contributed by atoms with Gasteiger partial charge in [0.2, 0.25) is 0 Å². The molecule has 0 unspecified atom stereocenters. The number of aryl methyl sites for hydroxylation is 1. The van der Waals surface area contributed by atoms with Crippen molar-refractivity contribution in [3.63, 3.8) is 0 Å². The van der Waals surface area contributed by atoms with Crippen molar-refractivity contribution in [2.24, 2.45) is 12.2 Å². The molecule has 0 saturated carbocycles. The van der Waals surface area contributed by atoms with Gasteiger partial charge in [0, 0.05) is 38.8 Å². The van der Waals surface area contributed by atoms with Crippen LogP contribution in [-0.4, -0.2) is 50.7 Å². The SMILES string of the molecule is Cn1cccc1C(=O)N1CC[C@@]2(CC(C(=O)Nc3cccnc3)=NO2)C1. The smallest absolute Gasteiger partial charge is 0.273 e. The molecular formula is C18H19N5O3. The second-order valence-corrected chi connectivity index (χ2v) is 6.67. The van der Waals surface area contributed by atoms with E-state index in [1.54, 1.807) is 40.1 Å². The summed E-state index contributed by atoms with van der Waals surface area (Å²) >= 11 is 0. The van der Waals surface area contributed by atoms with Crippen molar-refractivity contribution in [2.45, 2.75) is 18.4 Å². The van der Waals surface area contributed by atoms with Gasteiger partial charge in [-0.3, -0.25) is 14.6 Å². The molecule has 0 radical (unpaired) electrons. The van der Waals surface area contributed by atoms with Gasteiger partial charge in [0.15, 0.2) is 5.60 Å². The van der Waals surface area contributed by atoms with E-state index in [0.29, 0.717) is 43.0 Å². The van der Waals surface area contributed by atoms with Gasteiger partial charge in [0.05, 0.1) is 18.4 Å². The summed E-state index contributed by atoms with van der Waals surface area (Å²) in [6.45, 7) is 1.00. The van der Waals surface area contributed by atoms with Crippen molar-refractivity contribution in [2.75, 3.05) is 18.4 Å². The van der Waals surface area contributed by atoms with Crippen LogP contribution in [0.15, 0.2) is 48.0 Å². The Morgan fingerprint density at radius 2 is 2.19 bits per heavy atom. The molecule has 1 atom stereocenters. The van der Waals surface area contributed by atoms with Crippen LogP contribution in [0.1, 0.15) is 23.3 Å². The van der Waals surface area contributed by atoms with Gasteiger partial charge < -0.3 is 19.6 Å². The second-order valence-electron chi connectivity index (χ2n) is 6.67. The normalized spacial score (nSPS) is 21.6. The predicted molar refractivity (Wildman–Crippen MR) is 94.7 cm³/mol. The van der Waals surface area contributed by atoms with E-state index in [1.807, 2.05) is 19.3 Å². The third-order valence-corrected chi connectivity index (χ3v) is 4.79. The Labute approximate surface area is 150 Å². The molecule has 134 valence electrons. The van der Waals surface area contributed by atoms with Crippen LogP contribution >= 0.6 is 0 Å². The van der Waals surface area contributed by atoms with Gasteiger partial charge >= 0.3 is 0 Å². The maximum atomic E-state index is 12.7. The highest BCUT2D eigenvalue weighted by atomic mass is 16.7. The summed E-state index contributed by atoms with van der Waals surface area (Å²) in [4.78, 5) is 36.4. The van der Waals surface area contributed by atoms with Crippen molar-refractivity contribution < 1.29 is 14.4 Å². The number of hydrogen-bond donors (Lipinski definition) is 1. The van der Waals surface area contributed by atoms with E-state index in [4.69, 9.17) is 4.84 Å². The fourth-order valence-electron chi connectivity index (χ4n) is 3.37. The number of nitrogens with one attached hydrogen (secondary N) is 1. The number of likely N-dealkylation sites (tertiary alicyclic amines) is 1. The molecule has 2 aliphatic heterocycles. The average Bonchev–Trinajstić information content (AvgIpc) is 3.37. The van der Waals surface area contributed by atoms with Crippen LogP contribution in [0.3, 0.4) is 0 Å². The number of anilines is 1. The summed E-state index contributed by atoms with van der Waals surface area (Å²) in [5.41, 5.74) is 0.966. The molecule has 1 spiro atoms. The van der Waals surface area contributed by atoms with E-state index in [1.165, 1.54) is 0 Å². The molecule has 8 nitrogen and oxygen atoms in total. The molecule has 2 aliphatic rings. The number of carbonyl (C=O) groups is 2. The van der Waals surface area contributed by atoms with Crippen molar-refractivity contribution in [3.05, 3.63) is 48.5 Å². The first-order chi connectivity index (χ1) is 12.6. The summed E-state index contributed by atoms with van der Waals surface area (Å²) in [6.07, 6.45) is 6.08. The minimum atomic E-state index is -0.609. The van der Waals surface area contributed by atoms with Crippen molar-refractivity contribution in [1.82, 2.24) is 14.5 Å². The maximum absolute atomic E-state index is 12.7. The Hall–Kier alpha value is -3.16. The van der Waals surface area contributed by atoms with E-state index < -0.39 is 5.60 Å². The van der Waals surface area contributed by atoms with Gasteiger partial charge in [0.1, 0.15) is 11.4 Å². The molecule has 4 rings (SSSR count). The van der Waals surface area contributed by atoms with Crippen LogP contribution in [0.5, 0.6) is 0 Å². The number of nitrogens with zero attached hydrogens (tertiary/aromatic N) is 4. The monoisotopic (exact) mass is 353 g/mol. The Morgan fingerprint density at radius 1 is 1.31 bits per heavy atom. The maximum Gasteiger partial charge on any atom is 0.273 e. The largest absolute Gasteiger partial charge is 0.386 e. The zero-order chi connectivity index (χ0) is 18.1. The minimum absolute atomic E-state index is 0.0359. The first-order valence-electron chi connectivity index (χ1n) is 8.43. The average molecular weight is 353 g/mol. The van der Waals surface area contributed by atoms with Crippen molar-refractivity contribution in [1.29, 1.82) is 0 Å². The Morgan fingerprint density at radius 3 is 2.92 bits per heavy atom. The van der Waals surface area contributed by atoms with Crippen molar-refractivity contribution >= 4 is 23.2 Å². The highest BCUT2D eigenvalue weighted by Crippen LogP contribution is 2.34. The van der Waals surface area contributed by atoms with Gasteiger partial charge in [-0.05, 0) is 24.3 Å². The predicted octanol–water partition coefficient (Wildman–Crippen LogP) is 1.42. The molecular weight excluding hydrogens is 334 g/mol. The number of rotatable bonds is 3. The molecule has 1 saturated heterocycles.